The number of nitrogens with one attached hydrogen (secondary N) is 1. The van der Waals surface area contributed by atoms with Gasteiger partial charge in [-0.15, -0.1) is 0 Å². The number of ether oxygens (including phenoxy) is 1. The Morgan fingerprint density at radius 3 is 2.78 bits per heavy atom. The molecule has 1 fully saturated rings. The first-order valence-corrected chi connectivity index (χ1v) is 7.94. The molecule has 2 aromatic rings. The van der Waals surface area contributed by atoms with Crippen LogP contribution in [0.4, 0.5) is 8.78 Å². The normalized spacial score (nSPS) is 15.1. The van der Waals surface area contributed by atoms with Gasteiger partial charge < -0.3 is 15.8 Å². The smallest absolute Gasteiger partial charge is 0.388 e. The summed E-state index contributed by atoms with van der Waals surface area (Å²) < 4.78 is 29.6. The third-order valence-corrected chi connectivity index (χ3v) is 4.31. The van der Waals surface area contributed by atoms with Crippen LogP contribution in [0.25, 0.3) is 10.8 Å². The molecular formula is C17H21F2N3O. The quantitative estimate of drug-likeness (QED) is 0.822. The van der Waals surface area contributed by atoms with Crippen LogP contribution >= 0.6 is 0 Å². The van der Waals surface area contributed by atoms with Gasteiger partial charge >= 0.3 is 6.61 Å². The zero-order valence-electron chi connectivity index (χ0n) is 12.9. The van der Waals surface area contributed by atoms with E-state index >= 15 is 0 Å². The van der Waals surface area contributed by atoms with E-state index in [1.807, 2.05) is 18.2 Å². The molecule has 1 aliphatic carbocycles. The Hall–Kier alpha value is -1.79. The van der Waals surface area contributed by atoms with E-state index in [1.54, 1.807) is 6.07 Å². The zero-order valence-corrected chi connectivity index (χ0v) is 12.9. The molecule has 3 rings (SSSR count). The average Bonchev–Trinajstić information content (AvgIpc) is 2.48. The molecule has 6 heteroatoms. The largest absolute Gasteiger partial charge is 0.416 e. The van der Waals surface area contributed by atoms with Crippen molar-refractivity contribution in [2.45, 2.75) is 39.0 Å². The summed E-state index contributed by atoms with van der Waals surface area (Å²) in [4.78, 5) is 4.05. The Morgan fingerprint density at radius 2 is 2.13 bits per heavy atom. The summed E-state index contributed by atoms with van der Waals surface area (Å²) in [5.74, 6) is 0.737. The van der Waals surface area contributed by atoms with Gasteiger partial charge in [0.15, 0.2) is 0 Å². The lowest BCUT2D eigenvalue weighted by molar-refractivity contribution is -0.0518. The maximum absolute atomic E-state index is 12.5. The predicted molar refractivity (Wildman–Crippen MR) is 85.3 cm³/mol. The second-order valence-electron chi connectivity index (χ2n) is 5.98. The fourth-order valence-electron chi connectivity index (χ4n) is 2.84. The SMILES string of the molecule is NCc1cc2cc(CNCC3CCC3)ccc2c(OC(F)F)n1. The van der Waals surface area contributed by atoms with Gasteiger partial charge in [0.2, 0.25) is 5.88 Å². The lowest BCUT2D eigenvalue weighted by Crippen LogP contribution is -2.26. The fraction of sp³-hybridized carbons (Fsp3) is 0.471. The Kier molecular flexibility index (Phi) is 5.03. The molecule has 1 saturated carbocycles. The van der Waals surface area contributed by atoms with Crippen molar-refractivity contribution in [3.63, 3.8) is 0 Å². The second-order valence-corrected chi connectivity index (χ2v) is 5.98. The van der Waals surface area contributed by atoms with E-state index in [4.69, 9.17) is 5.73 Å². The van der Waals surface area contributed by atoms with Crippen molar-refractivity contribution in [1.29, 1.82) is 0 Å². The standard InChI is InChI=1S/C17H21F2N3O/c18-17(19)23-16-15-5-4-12(10-21-9-11-2-1-3-11)6-13(15)7-14(8-20)22-16/h4-7,11,17,21H,1-3,8-10,20H2. The van der Waals surface area contributed by atoms with Crippen LogP contribution < -0.4 is 15.8 Å². The summed E-state index contributed by atoms with van der Waals surface area (Å²) >= 11 is 0. The van der Waals surface area contributed by atoms with Crippen LogP contribution in [0.3, 0.4) is 0 Å². The predicted octanol–water partition coefficient (Wildman–Crippen LogP) is 3.18. The molecule has 1 aliphatic rings. The molecule has 0 unspecified atom stereocenters. The Morgan fingerprint density at radius 1 is 1.30 bits per heavy atom. The minimum atomic E-state index is -2.90. The number of hydrogen-bond donors (Lipinski definition) is 2. The molecule has 1 aromatic heterocycles. The Balaban J connectivity index is 1.79. The molecule has 0 amide bonds. The summed E-state index contributed by atoms with van der Waals surface area (Å²) in [5.41, 5.74) is 7.24. The second kappa shape index (κ2) is 7.19. The summed E-state index contributed by atoms with van der Waals surface area (Å²) in [6, 6.07) is 7.49. The van der Waals surface area contributed by atoms with Gasteiger partial charge in [-0.2, -0.15) is 8.78 Å². The van der Waals surface area contributed by atoms with Gasteiger partial charge in [0, 0.05) is 18.5 Å². The Bertz CT molecular complexity index is 674. The van der Waals surface area contributed by atoms with Gasteiger partial charge in [-0.1, -0.05) is 12.5 Å². The lowest BCUT2D eigenvalue weighted by Gasteiger charge is -2.25. The van der Waals surface area contributed by atoms with E-state index in [-0.39, 0.29) is 12.4 Å². The highest BCUT2D eigenvalue weighted by Crippen LogP contribution is 2.28. The number of rotatable bonds is 7. The number of pyridine rings is 1. The number of fused-ring (bicyclic) bond motifs is 1. The molecule has 124 valence electrons. The van der Waals surface area contributed by atoms with Crippen molar-refractivity contribution < 1.29 is 13.5 Å². The van der Waals surface area contributed by atoms with Crippen molar-refractivity contribution in [3.05, 3.63) is 35.5 Å². The zero-order chi connectivity index (χ0) is 16.2. The number of nitrogens with two attached hydrogens (primary N) is 1. The van der Waals surface area contributed by atoms with Crippen LogP contribution in [0.15, 0.2) is 24.3 Å². The number of alkyl halides is 2. The van der Waals surface area contributed by atoms with Crippen molar-refractivity contribution in [2.75, 3.05) is 6.54 Å². The van der Waals surface area contributed by atoms with Crippen molar-refractivity contribution in [3.8, 4) is 5.88 Å². The molecule has 0 bridgehead atoms. The highest BCUT2D eigenvalue weighted by atomic mass is 19.3. The van der Waals surface area contributed by atoms with E-state index in [0.29, 0.717) is 11.1 Å². The van der Waals surface area contributed by atoms with Crippen LogP contribution in [0, 0.1) is 5.92 Å². The van der Waals surface area contributed by atoms with E-state index < -0.39 is 6.61 Å². The monoisotopic (exact) mass is 321 g/mol. The number of hydrogen-bond acceptors (Lipinski definition) is 4. The van der Waals surface area contributed by atoms with Gasteiger partial charge in [0.05, 0.1) is 5.69 Å². The first kappa shape index (κ1) is 16.1. The van der Waals surface area contributed by atoms with E-state index in [9.17, 15) is 8.78 Å². The molecule has 3 N–H and O–H groups in total. The molecular weight excluding hydrogens is 300 g/mol. The van der Waals surface area contributed by atoms with Crippen molar-refractivity contribution in [1.82, 2.24) is 10.3 Å². The molecule has 1 heterocycles. The molecule has 23 heavy (non-hydrogen) atoms. The third kappa shape index (κ3) is 3.95. The molecule has 0 atom stereocenters. The Labute approximate surface area is 134 Å². The first-order chi connectivity index (χ1) is 11.2. The molecule has 1 aromatic carbocycles. The van der Waals surface area contributed by atoms with Crippen LogP contribution in [0.1, 0.15) is 30.5 Å². The summed E-state index contributed by atoms with van der Waals surface area (Å²) in [5, 5.41) is 4.85. The first-order valence-electron chi connectivity index (χ1n) is 7.94. The summed E-state index contributed by atoms with van der Waals surface area (Å²) in [6.07, 6.45) is 3.96. The molecule has 0 saturated heterocycles. The summed E-state index contributed by atoms with van der Waals surface area (Å²) in [6.45, 7) is -0.929. The van der Waals surface area contributed by atoms with Crippen molar-refractivity contribution in [2.24, 2.45) is 11.7 Å². The fourth-order valence-corrected chi connectivity index (χ4v) is 2.84. The van der Waals surface area contributed by atoms with Crippen molar-refractivity contribution >= 4 is 10.8 Å². The van der Waals surface area contributed by atoms with E-state index in [0.717, 1.165) is 30.0 Å². The number of halogens is 2. The molecule has 0 spiro atoms. The van der Waals surface area contributed by atoms with Crippen LogP contribution in [-0.2, 0) is 13.1 Å². The average molecular weight is 321 g/mol. The molecule has 4 nitrogen and oxygen atoms in total. The van der Waals surface area contributed by atoms with Gasteiger partial charge in [-0.25, -0.2) is 4.98 Å². The molecule has 0 aliphatic heterocycles. The number of nitrogens with zero attached hydrogens (tertiary/aromatic N) is 1. The van der Waals surface area contributed by atoms with Gasteiger partial charge in [-0.3, -0.25) is 0 Å². The molecule has 0 radical (unpaired) electrons. The summed E-state index contributed by atoms with van der Waals surface area (Å²) in [7, 11) is 0. The van der Waals surface area contributed by atoms with Crippen LogP contribution in [0.2, 0.25) is 0 Å². The topological polar surface area (TPSA) is 60.2 Å². The minimum absolute atomic E-state index is 0.0630. The minimum Gasteiger partial charge on any atom is -0.416 e. The number of aromatic nitrogens is 1. The van der Waals surface area contributed by atoms with Gasteiger partial charge in [0.1, 0.15) is 0 Å². The highest BCUT2D eigenvalue weighted by Gasteiger charge is 2.16. The van der Waals surface area contributed by atoms with E-state index in [2.05, 4.69) is 15.0 Å². The van der Waals surface area contributed by atoms with Crippen LogP contribution in [0.5, 0.6) is 5.88 Å². The lowest BCUT2D eigenvalue weighted by atomic mass is 9.85. The van der Waals surface area contributed by atoms with Crippen LogP contribution in [-0.4, -0.2) is 18.1 Å². The van der Waals surface area contributed by atoms with E-state index in [1.165, 1.54) is 19.3 Å². The third-order valence-electron chi connectivity index (χ3n) is 4.31. The highest BCUT2D eigenvalue weighted by molar-refractivity contribution is 5.87. The van der Waals surface area contributed by atoms with Gasteiger partial charge in [0.25, 0.3) is 0 Å². The maximum Gasteiger partial charge on any atom is 0.388 e. The van der Waals surface area contributed by atoms with Gasteiger partial charge in [-0.05, 0) is 54.5 Å². The number of benzene rings is 1. The maximum atomic E-state index is 12.5.